The molecular weight excluding hydrogens is 248 g/mol. The smallest absolute Gasteiger partial charge is 0.0477 e. The Balaban J connectivity index is 1.59. The van der Waals surface area contributed by atoms with Crippen LogP contribution >= 0.6 is 0 Å². The van der Waals surface area contributed by atoms with Crippen LogP contribution in [-0.4, -0.2) is 50.8 Å². The second kappa shape index (κ2) is 9.11. The summed E-state index contributed by atoms with van der Waals surface area (Å²) in [6.07, 6.45) is 3.50. The molecule has 0 unspecified atom stereocenters. The first kappa shape index (κ1) is 15.5. The number of nitrogens with zero attached hydrogens (tertiary/aromatic N) is 1. The first-order valence-corrected chi connectivity index (χ1v) is 7.97. The maximum atomic E-state index is 5.33. The predicted molar refractivity (Wildman–Crippen MR) is 84.3 cm³/mol. The first-order chi connectivity index (χ1) is 9.90. The van der Waals surface area contributed by atoms with E-state index < -0.39 is 0 Å². The molecule has 2 rings (SSSR count). The molecule has 1 aliphatic rings. The van der Waals surface area contributed by atoms with Gasteiger partial charge in [-0.25, -0.2) is 0 Å². The summed E-state index contributed by atoms with van der Waals surface area (Å²) in [7, 11) is 0. The van der Waals surface area contributed by atoms with Crippen LogP contribution in [0.1, 0.15) is 24.5 Å². The van der Waals surface area contributed by atoms with Gasteiger partial charge in [0, 0.05) is 39.4 Å². The van der Waals surface area contributed by atoms with Gasteiger partial charge in [-0.1, -0.05) is 24.3 Å². The minimum atomic E-state index is 0.828. The first-order valence-electron chi connectivity index (χ1n) is 7.97. The molecule has 0 atom stereocenters. The Labute approximate surface area is 123 Å². The Kier molecular flexibility index (Phi) is 7.06. The van der Waals surface area contributed by atoms with Gasteiger partial charge in [-0.2, -0.15) is 0 Å². The molecule has 1 aromatic rings. The minimum absolute atomic E-state index is 0.828. The van der Waals surface area contributed by atoms with Gasteiger partial charge in [-0.15, -0.1) is 0 Å². The summed E-state index contributed by atoms with van der Waals surface area (Å²) >= 11 is 0. The van der Waals surface area contributed by atoms with Crippen molar-refractivity contribution in [2.75, 3.05) is 45.9 Å². The van der Waals surface area contributed by atoms with Gasteiger partial charge in [0.25, 0.3) is 0 Å². The molecule has 0 amide bonds. The van der Waals surface area contributed by atoms with E-state index in [4.69, 9.17) is 4.74 Å². The van der Waals surface area contributed by atoms with Crippen molar-refractivity contribution in [2.45, 2.75) is 26.2 Å². The summed E-state index contributed by atoms with van der Waals surface area (Å²) in [6, 6.07) is 8.89. The molecule has 0 fully saturated rings. The Hall–Kier alpha value is -0.900. The van der Waals surface area contributed by atoms with E-state index in [0.717, 1.165) is 39.3 Å². The average molecular weight is 276 g/mol. The SMILES string of the molecule is CCOCCCNCCN1CCc2ccccc2CC1. The van der Waals surface area contributed by atoms with Crippen molar-refractivity contribution in [2.24, 2.45) is 0 Å². The van der Waals surface area contributed by atoms with E-state index in [1.807, 2.05) is 6.92 Å². The third-order valence-corrected chi connectivity index (χ3v) is 3.96. The number of fused-ring (bicyclic) bond motifs is 1. The van der Waals surface area contributed by atoms with Crippen LogP contribution in [0.4, 0.5) is 0 Å². The Morgan fingerprint density at radius 1 is 1.10 bits per heavy atom. The van der Waals surface area contributed by atoms with Crippen LogP contribution in [0.25, 0.3) is 0 Å². The highest BCUT2D eigenvalue weighted by Gasteiger charge is 2.12. The van der Waals surface area contributed by atoms with E-state index in [1.165, 1.54) is 25.9 Å². The van der Waals surface area contributed by atoms with Crippen molar-refractivity contribution in [3.63, 3.8) is 0 Å². The van der Waals surface area contributed by atoms with Crippen LogP contribution in [0.3, 0.4) is 0 Å². The molecule has 3 nitrogen and oxygen atoms in total. The zero-order chi connectivity index (χ0) is 14.0. The van der Waals surface area contributed by atoms with Crippen molar-refractivity contribution in [3.05, 3.63) is 35.4 Å². The maximum Gasteiger partial charge on any atom is 0.0477 e. The van der Waals surface area contributed by atoms with Crippen molar-refractivity contribution < 1.29 is 4.74 Å². The van der Waals surface area contributed by atoms with Crippen LogP contribution in [0, 0.1) is 0 Å². The van der Waals surface area contributed by atoms with Crippen molar-refractivity contribution >= 4 is 0 Å². The van der Waals surface area contributed by atoms with E-state index >= 15 is 0 Å². The fourth-order valence-corrected chi connectivity index (χ4v) is 2.74. The maximum absolute atomic E-state index is 5.33. The molecule has 3 heteroatoms. The molecule has 0 radical (unpaired) electrons. The van der Waals surface area contributed by atoms with Crippen LogP contribution in [0.2, 0.25) is 0 Å². The largest absolute Gasteiger partial charge is 0.382 e. The van der Waals surface area contributed by atoms with Gasteiger partial charge in [0.2, 0.25) is 0 Å². The molecule has 20 heavy (non-hydrogen) atoms. The third kappa shape index (κ3) is 5.23. The summed E-state index contributed by atoms with van der Waals surface area (Å²) < 4.78 is 5.33. The molecule has 1 aliphatic heterocycles. The van der Waals surface area contributed by atoms with E-state index in [-0.39, 0.29) is 0 Å². The Morgan fingerprint density at radius 3 is 2.45 bits per heavy atom. The predicted octanol–water partition coefficient (Wildman–Crippen LogP) is 2.10. The number of rotatable bonds is 8. The van der Waals surface area contributed by atoms with Gasteiger partial charge < -0.3 is 15.0 Å². The fourth-order valence-electron chi connectivity index (χ4n) is 2.74. The fraction of sp³-hybridized carbons (Fsp3) is 0.647. The lowest BCUT2D eigenvalue weighted by Gasteiger charge is -2.19. The van der Waals surface area contributed by atoms with Crippen LogP contribution < -0.4 is 5.32 Å². The monoisotopic (exact) mass is 276 g/mol. The lowest BCUT2D eigenvalue weighted by molar-refractivity contribution is 0.144. The minimum Gasteiger partial charge on any atom is -0.382 e. The summed E-state index contributed by atoms with van der Waals surface area (Å²) in [5.41, 5.74) is 3.08. The second-order valence-corrected chi connectivity index (χ2v) is 5.41. The highest BCUT2D eigenvalue weighted by atomic mass is 16.5. The van der Waals surface area contributed by atoms with E-state index in [0.29, 0.717) is 0 Å². The molecule has 0 spiro atoms. The van der Waals surface area contributed by atoms with Gasteiger partial charge in [0.15, 0.2) is 0 Å². The number of nitrogens with one attached hydrogen (secondary N) is 1. The van der Waals surface area contributed by atoms with Crippen molar-refractivity contribution in [3.8, 4) is 0 Å². The number of hydrogen-bond donors (Lipinski definition) is 1. The summed E-state index contributed by atoms with van der Waals surface area (Å²) in [5, 5.41) is 3.51. The quantitative estimate of drug-likeness (QED) is 0.736. The van der Waals surface area contributed by atoms with E-state index in [2.05, 4.69) is 34.5 Å². The van der Waals surface area contributed by atoms with E-state index in [1.54, 1.807) is 11.1 Å². The summed E-state index contributed by atoms with van der Waals surface area (Å²) in [6.45, 7) is 9.44. The molecule has 1 heterocycles. The highest BCUT2D eigenvalue weighted by Crippen LogP contribution is 2.14. The van der Waals surface area contributed by atoms with E-state index in [9.17, 15) is 0 Å². The number of ether oxygens (including phenoxy) is 1. The summed E-state index contributed by atoms with van der Waals surface area (Å²) in [4.78, 5) is 2.58. The molecule has 0 aromatic heterocycles. The standard InChI is InChI=1S/C17H28N2O/c1-2-20-15-5-10-18-11-14-19-12-8-16-6-3-4-7-17(16)9-13-19/h3-4,6-7,18H,2,5,8-15H2,1H3. The average Bonchev–Trinajstić information content (AvgIpc) is 2.69. The van der Waals surface area contributed by atoms with Crippen molar-refractivity contribution in [1.29, 1.82) is 0 Å². The molecule has 1 aromatic carbocycles. The molecule has 0 saturated heterocycles. The van der Waals surface area contributed by atoms with Crippen LogP contribution in [0.5, 0.6) is 0 Å². The van der Waals surface area contributed by atoms with Crippen LogP contribution in [-0.2, 0) is 17.6 Å². The molecule has 112 valence electrons. The number of hydrogen-bond acceptors (Lipinski definition) is 3. The van der Waals surface area contributed by atoms with Gasteiger partial charge in [-0.3, -0.25) is 0 Å². The second-order valence-electron chi connectivity index (χ2n) is 5.41. The molecular formula is C17H28N2O. The van der Waals surface area contributed by atoms with Crippen LogP contribution in [0.15, 0.2) is 24.3 Å². The normalized spacial score (nSPS) is 15.8. The van der Waals surface area contributed by atoms with Gasteiger partial charge in [0.1, 0.15) is 0 Å². The van der Waals surface area contributed by atoms with Gasteiger partial charge in [-0.05, 0) is 43.9 Å². The zero-order valence-corrected chi connectivity index (χ0v) is 12.7. The van der Waals surface area contributed by atoms with Crippen molar-refractivity contribution in [1.82, 2.24) is 10.2 Å². The summed E-state index contributed by atoms with van der Waals surface area (Å²) in [5.74, 6) is 0. The molecule has 1 N–H and O–H groups in total. The lowest BCUT2D eigenvalue weighted by atomic mass is 10.0. The Morgan fingerprint density at radius 2 is 1.80 bits per heavy atom. The third-order valence-electron chi connectivity index (χ3n) is 3.96. The zero-order valence-electron chi connectivity index (χ0n) is 12.7. The molecule has 0 saturated carbocycles. The topological polar surface area (TPSA) is 24.5 Å². The highest BCUT2D eigenvalue weighted by molar-refractivity contribution is 5.28. The van der Waals surface area contributed by atoms with Gasteiger partial charge >= 0.3 is 0 Å². The van der Waals surface area contributed by atoms with Gasteiger partial charge in [0.05, 0.1) is 0 Å². The lowest BCUT2D eigenvalue weighted by Crippen LogP contribution is -2.34. The molecule has 0 aliphatic carbocycles. The number of benzene rings is 1. The molecule has 0 bridgehead atoms. The Bertz CT molecular complexity index is 354.